The largest absolute Gasteiger partial charge is 0.476 e. The SMILES string of the molecule is CS(=O)(=O)N1C[C@@H](C(=O)NCc2ccc(N3CCCC3)cc2)Oc2ccc(Cl)cc21. The third kappa shape index (κ3) is 4.49. The normalized spacial score (nSPS) is 18.7. The molecule has 0 aliphatic carbocycles. The highest BCUT2D eigenvalue weighted by Crippen LogP contribution is 2.37. The second kappa shape index (κ2) is 8.35. The van der Waals surface area contributed by atoms with Gasteiger partial charge in [0.1, 0.15) is 5.75 Å². The summed E-state index contributed by atoms with van der Waals surface area (Å²) in [6.07, 6.45) is 2.59. The Balaban J connectivity index is 1.42. The van der Waals surface area contributed by atoms with Crippen LogP contribution in [0, 0.1) is 0 Å². The Labute approximate surface area is 181 Å². The minimum Gasteiger partial charge on any atom is -0.476 e. The molecule has 2 aliphatic rings. The minimum atomic E-state index is -3.59. The first-order valence-electron chi connectivity index (χ1n) is 9.87. The summed E-state index contributed by atoms with van der Waals surface area (Å²) in [7, 11) is -3.59. The molecule has 2 aromatic carbocycles. The summed E-state index contributed by atoms with van der Waals surface area (Å²) in [6, 6.07) is 12.8. The zero-order valence-corrected chi connectivity index (χ0v) is 18.2. The molecule has 30 heavy (non-hydrogen) atoms. The Kier molecular flexibility index (Phi) is 5.79. The maximum atomic E-state index is 12.7. The fourth-order valence-electron chi connectivity index (χ4n) is 3.78. The average Bonchev–Trinajstić information content (AvgIpc) is 3.25. The van der Waals surface area contributed by atoms with Crippen molar-refractivity contribution in [3.8, 4) is 5.75 Å². The molecule has 2 aliphatic heterocycles. The Bertz CT molecular complexity index is 1040. The highest BCUT2D eigenvalue weighted by atomic mass is 35.5. The summed E-state index contributed by atoms with van der Waals surface area (Å²) in [6.45, 7) is 2.40. The quantitative estimate of drug-likeness (QED) is 0.759. The lowest BCUT2D eigenvalue weighted by molar-refractivity contribution is -0.127. The number of sulfonamides is 1. The zero-order chi connectivity index (χ0) is 21.3. The van der Waals surface area contributed by atoms with Gasteiger partial charge in [0.25, 0.3) is 5.91 Å². The Hall–Kier alpha value is -2.45. The van der Waals surface area contributed by atoms with Crippen molar-refractivity contribution in [3.05, 3.63) is 53.1 Å². The van der Waals surface area contributed by atoms with Crippen LogP contribution in [-0.4, -0.2) is 46.3 Å². The minimum absolute atomic E-state index is 0.105. The number of halogens is 1. The number of nitrogens with zero attached hydrogens (tertiary/aromatic N) is 2. The van der Waals surface area contributed by atoms with E-state index < -0.39 is 16.1 Å². The number of carbonyl (C=O) groups excluding carboxylic acids is 1. The smallest absolute Gasteiger partial charge is 0.263 e. The topological polar surface area (TPSA) is 79.0 Å². The van der Waals surface area contributed by atoms with Gasteiger partial charge in [-0.05, 0) is 48.7 Å². The van der Waals surface area contributed by atoms with E-state index in [1.165, 1.54) is 24.6 Å². The van der Waals surface area contributed by atoms with Gasteiger partial charge in [-0.15, -0.1) is 0 Å². The second-order valence-corrected chi connectivity index (χ2v) is 9.93. The summed E-state index contributed by atoms with van der Waals surface area (Å²) < 4.78 is 31.4. The molecular formula is C21H24ClN3O4S. The van der Waals surface area contributed by atoms with Gasteiger partial charge >= 0.3 is 0 Å². The zero-order valence-electron chi connectivity index (χ0n) is 16.7. The van der Waals surface area contributed by atoms with Crippen molar-refractivity contribution >= 4 is 38.9 Å². The molecule has 1 atom stereocenters. The molecule has 0 unspecified atom stereocenters. The average molecular weight is 450 g/mol. The number of nitrogens with one attached hydrogen (secondary N) is 1. The van der Waals surface area contributed by atoms with Crippen molar-refractivity contribution in [1.29, 1.82) is 0 Å². The standard InChI is InChI=1S/C21H24ClN3O4S/c1-30(27,28)25-14-20(29-19-9-6-16(22)12-18(19)25)21(26)23-13-15-4-7-17(8-5-15)24-10-2-3-11-24/h4-9,12,20H,2-3,10-11,13-14H2,1H3,(H,23,26)/t20-/m0/s1. The summed E-state index contributed by atoms with van der Waals surface area (Å²) in [5.74, 6) is -0.0564. The van der Waals surface area contributed by atoms with E-state index in [-0.39, 0.29) is 12.5 Å². The summed E-state index contributed by atoms with van der Waals surface area (Å²) >= 11 is 6.00. The van der Waals surface area contributed by atoms with Gasteiger partial charge < -0.3 is 15.0 Å². The van der Waals surface area contributed by atoms with E-state index >= 15 is 0 Å². The highest BCUT2D eigenvalue weighted by molar-refractivity contribution is 7.92. The summed E-state index contributed by atoms with van der Waals surface area (Å²) in [5, 5.41) is 3.24. The fraction of sp³-hybridized carbons (Fsp3) is 0.381. The van der Waals surface area contributed by atoms with Gasteiger partial charge in [-0.3, -0.25) is 9.10 Å². The number of benzene rings is 2. The van der Waals surface area contributed by atoms with E-state index in [9.17, 15) is 13.2 Å². The molecule has 1 fully saturated rings. The van der Waals surface area contributed by atoms with Gasteiger partial charge in [-0.2, -0.15) is 0 Å². The van der Waals surface area contributed by atoms with Crippen LogP contribution < -0.4 is 19.3 Å². The molecule has 0 radical (unpaired) electrons. The second-order valence-electron chi connectivity index (χ2n) is 7.59. The van der Waals surface area contributed by atoms with E-state index in [4.69, 9.17) is 16.3 Å². The van der Waals surface area contributed by atoms with Crippen LogP contribution in [0.25, 0.3) is 0 Å². The third-order valence-electron chi connectivity index (χ3n) is 5.36. The first-order chi connectivity index (χ1) is 14.3. The number of ether oxygens (including phenoxy) is 1. The maximum absolute atomic E-state index is 12.7. The van der Waals surface area contributed by atoms with Crippen LogP contribution in [0.5, 0.6) is 5.75 Å². The van der Waals surface area contributed by atoms with E-state index in [1.807, 2.05) is 12.1 Å². The van der Waals surface area contributed by atoms with E-state index in [0.717, 1.165) is 29.2 Å². The molecule has 160 valence electrons. The number of rotatable bonds is 5. The molecule has 2 heterocycles. The number of anilines is 2. The predicted octanol–water partition coefficient (Wildman–Crippen LogP) is 2.78. The van der Waals surface area contributed by atoms with Crippen molar-refractivity contribution in [2.45, 2.75) is 25.5 Å². The van der Waals surface area contributed by atoms with Crippen LogP contribution in [-0.2, 0) is 21.4 Å². The van der Waals surface area contributed by atoms with Crippen LogP contribution in [0.1, 0.15) is 18.4 Å². The van der Waals surface area contributed by atoms with Gasteiger partial charge in [0.2, 0.25) is 10.0 Å². The molecule has 4 rings (SSSR count). The molecule has 0 saturated carbocycles. The van der Waals surface area contributed by atoms with Gasteiger partial charge in [0, 0.05) is 30.3 Å². The third-order valence-corrected chi connectivity index (χ3v) is 6.74. The molecule has 0 spiro atoms. The molecule has 0 aromatic heterocycles. The van der Waals surface area contributed by atoms with Crippen LogP contribution in [0.4, 0.5) is 11.4 Å². The van der Waals surface area contributed by atoms with E-state index in [0.29, 0.717) is 23.0 Å². The molecule has 0 bridgehead atoms. The van der Waals surface area contributed by atoms with Gasteiger partial charge in [0.15, 0.2) is 6.10 Å². The van der Waals surface area contributed by atoms with Gasteiger partial charge in [-0.25, -0.2) is 8.42 Å². The molecule has 1 amide bonds. The lowest BCUT2D eigenvalue weighted by atomic mass is 10.2. The number of amides is 1. The molecule has 1 N–H and O–H groups in total. The number of carbonyl (C=O) groups is 1. The predicted molar refractivity (Wildman–Crippen MR) is 118 cm³/mol. The number of hydrogen-bond acceptors (Lipinski definition) is 5. The van der Waals surface area contributed by atoms with Crippen molar-refractivity contribution in [2.75, 3.05) is 35.1 Å². The Morgan fingerprint density at radius 3 is 2.53 bits per heavy atom. The lowest BCUT2D eigenvalue weighted by Gasteiger charge is -2.34. The van der Waals surface area contributed by atoms with Crippen molar-refractivity contribution < 1.29 is 17.9 Å². The summed E-state index contributed by atoms with van der Waals surface area (Å²) in [4.78, 5) is 15.1. The van der Waals surface area contributed by atoms with E-state index in [1.54, 1.807) is 12.1 Å². The number of fused-ring (bicyclic) bond motifs is 1. The van der Waals surface area contributed by atoms with Gasteiger partial charge in [0.05, 0.1) is 18.5 Å². The van der Waals surface area contributed by atoms with Crippen LogP contribution in [0.15, 0.2) is 42.5 Å². The highest BCUT2D eigenvalue weighted by Gasteiger charge is 2.35. The van der Waals surface area contributed by atoms with E-state index in [2.05, 4.69) is 22.3 Å². The van der Waals surface area contributed by atoms with Crippen LogP contribution >= 0.6 is 11.6 Å². The summed E-state index contributed by atoms with van der Waals surface area (Å²) in [5.41, 5.74) is 2.50. The first-order valence-corrected chi connectivity index (χ1v) is 12.1. The molecule has 2 aromatic rings. The molecular weight excluding hydrogens is 426 g/mol. The maximum Gasteiger partial charge on any atom is 0.263 e. The van der Waals surface area contributed by atoms with Crippen LogP contribution in [0.2, 0.25) is 5.02 Å². The number of hydrogen-bond donors (Lipinski definition) is 1. The van der Waals surface area contributed by atoms with Crippen molar-refractivity contribution in [2.24, 2.45) is 0 Å². The van der Waals surface area contributed by atoms with Gasteiger partial charge in [-0.1, -0.05) is 23.7 Å². The first kappa shape index (κ1) is 20.8. The fourth-order valence-corrected chi connectivity index (χ4v) is 4.85. The Morgan fingerprint density at radius 1 is 1.17 bits per heavy atom. The molecule has 9 heteroatoms. The lowest BCUT2D eigenvalue weighted by Crippen LogP contribution is -2.50. The van der Waals surface area contributed by atoms with Crippen LogP contribution in [0.3, 0.4) is 0 Å². The Morgan fingerprint density at radius 2 is 1.87 bits per heavy atom. The van der Waals surface area contributed by atoms with Crippen molar-refractivity contribution in [1.82, 2.24) is 5.32 Å². The monoisotopic (exact) mass is 449 g/mol. The molecule has 7 nitrogen and oxygen atoms in total. The van der Waals surface area contributed by atoms with Crippen molar-refractivity contribution in [3.63, 3.8) is 0 Å². The molecule has 1 saturated heterocycles.